The van der Waals surface area contributed by atoms with Crippen molar-refractivity contribution in [2.75, 3.05) is 0 Å². The number of nitrogens with zero attached hydrogens (tertiary/aromatic N) is 4. The zero-order chi connectivity index (χ0) is 15.7. The van der Waals surface area contributed by atoms with Crippen LogP contribution >= 0.6 is 15.9 Å². The van der Waals surface area contributed by atoms with Gasteiger partial charge in [0.25, 0.3) is 0 Å². The van der Waals surface area contributed by atoms with Gasteiger partial charge in [-0.25, -0.2) is 0 Å². The van der Waals surface area contributed by atoms with Crippen LogP contribution in [0.2, 0.25) is 0 Å². The van der Waals surface area contributed by atoms with Gasteiger partial charge in [0.05, 0.1) is 17.2 Å². The molecule has 0 aliphatic heterocycles. The summed E-state index contributed by atoms with van der Waals surface area (Å²) in [5, 5.41) is 7.47. The molecule has 2 heterocycles. The predicted molar refractivity (Wildman–Crippen MR) is 73.8 cm³/mol. The van der Waals surface area contributed by atoms with E-state index < -0.39 is 12.1 Å². The summed E-state index contributed by atoms with van der Waals surface area (Å²) < 4.78 is 44.1. The van der Waals surface area contributed by atoms with Crippen LogP contribution in [-0.2, 0) is 12.7 Å². The SMILES string of the molecule is FC(F)(F)c1nc(-c2ccc(Cn3cc(Br)cn3)cc2)no1. The summed E-state index contributed by atoms with van der Waals surface area (Å²) in [4.78, 5) is 3.34. The standard InChI is InChI=1S/C13H8BrF3N4O/c14-10-5-18-21(7-10)6-8-1-3-9(4-2-8)11-19-12(22-20-11)13(15,16)17/h1-5,7H,6H2. The highest BCUT2D eigenvalue weighted by molar-refractivity contribution is 9.10. The number of aromatic nitrogens is 4. The molecule has 0 saturated carbocycles. The van der Waals surface area contributed by atoms with E-state index in [1.807, 2.05) is 6.20 Å². The lowest BCUT2D eigenvalue weighted by molar-refractivity contribution is -0.159. The molecule has 3 aromatic rings. The van der Waals surface area contributed by atoms with E-state index >= 15 is 0 Å². The molecule has 0 fully saturated rings. The highest BCUT2D eigenvalue weighted by atomic mass is 79.9. The van der Waals surface area contributed by atoms with E-state index in [0.29, 0.717) is 12.1 Å². The maximum Gasteiger partial charge on any atom is 0.471 e. The first-order valence-corrected chi connectivity index (χ1v) is 6.89. The van der Waals surface area contributed by atoms with E-state index in [9.17, 15) is 13.2 Å². The summed E-state index contributed by atoms with van der Waals surface area (Å²) in [5.41, 5.74) is 1.39. The Kier molecular flexibility index (Phi) is 3.73. The fraction of sp³-hybridized carbons (Fsp3) is 0.154. The Balaban J connectivity index is 1.78. The summed E-state index contributed by atoms with van der Waals surface area (Å²) >= 11 is 3.30. The summed E-state index contributed by atoms with van der Waals surface area (Å²) in [6.45, 7) is 0.548. The molecule has 0 bridgehead atoms. The average Bonchev–Trinajstić information content (AvgIpc) is 3.08. The lowest BCUT2D eigenvalue weighted by Crippen LogP contribution is -2.04. The van der Waals surface area contributed by atoms with Crippen molar-refractivity contribution in [1.29, 1.82) is 0 Å². The summed E-state index contributed by atoms with van der Waals surface area (Å²) in [6.07, 6.45) is -1.15. The van der Waals surface area contributed by atoms with Crippen molar-refractivity contribution in [1.82, 2.24) is 19.9 Å². The van der Waals surface area contributed by atoms with Crippen LogP contribution in [-0.4, -0.2) is 19.9 Å². The summed E-state index contributed by atoms with van der Waals surface area (Å²) in [6, 6.07) is 6.82. The fourth-order valence-electron chi connectivity index (χ4n) is 1.83. The number of alkyl halides is 3. The minimum absolute atomic E-state index is 0.0966. The molecule has 0 unspecified atom stereocenters. The molecule has 0 aliphatic carbocycles. The third-order valence-electron chi connectivity index (χ3n) is 2.83. The number of hydrogen-bond donors (Lipinski definition) is 0. The Hall–Kier alpha value is -2.16. The summed E-state index contributed by atoms with van der Waals surface area (Å²) in [7, 11) is 0. The van der Waals surface area contributed by atoms with E-state index in [2.05, 4.69) is 35.7 Å². The minimum atomic E-state index is -4.64. The van der Waals surface area contributed by atoms with Crippen molar-refractivity contribution in [2.45, 2.75) is 12.7 Å². The minimum Gasteiger partial charge on any atom is -0.329 e. The van der Waals surface area contributed by atoms with Crippen LogP contribution in [0, 0.1) is 0 Å². The number of hydrogen-bond acceptors (Lipinski definition) is 4. The fourth-order valence-corrected chi connectivity index (χ4v) is 2.15. The highest BCUT2D eigenvalue weighted by Gasteiger charge is 2.38. The zero-order valence-electron chi connectivity index (χ0n) is 10.9. The molecule has 0 amide bonds. The summed E-state index contributed by atoms with van der Waals surface area (Å²) in [5.74, 6) is -1.45. The third kappa shape index (κ3) is 3.19. The molecule has 3 rings (SSSR count). The van der Waals surface area contributed by atoms with Gasteiger partial charge in [-0.3, -0.25) is 4.68 Å². The molecule has 1 aromatic carbocycles. The lowest BCUT2D eigenvalue weighted by atomic mass is 10.1. The molecule has 2 aromatic heterocycles. The Bertz CT molecular complexity index is 779. The number of rotatable bonds is 3. The van der Waals surface area contributed by atoms with Crippen LogP contribution in [0.3, 0.4) is 0 Å². The molecular formula is C13H8BrF3N4O. The Labute approximate surface area is 130 Å². The van der Waals surface area contributed by atoms with E-state index in [0.717, 1.165) is 10.0 Å². The van der Waals surface area contributed by atoms with Crippen molar-refractivity contribution in [3.8, 4) is 11.4 Å². The quantitative estimate of drug-likeness (QED) is 0.702. The van der Waals surface area contributed by atoms with Gasteiger partial charge in [0, 0.05) is 11.8 Å². The van der Waals surface area contributed by atoms with Crippen LogP contribution in [0.1, 0.15) is 11.5 Å². The van der Waals surface area contributed by atoms with Gasteiger partial charge >= 0.3 is 12.1 Å². The molecule has 0 aliphatic rings. The monoisotopic (exact) mass is 372 g/mol. The zero-order valence-corrected chi connectivity index (χ0v) is 12.5. The van der Waals surface area contributed by atoms with Crippen LogP contribution < -0.4 is 0 Å². The molecule has 0 atom stereocenters. The average molecular weight is 373 g/mol. The van der Waals surface area contributed by atoms with Gasteiger partial charge in [0.2, 0.25) is 5.82 Å². The van der Waals surface area contributed by atoms with Gasteiger partial charge in [-0.15, -0.1) is 0 Å². The van der Waals surface area contributed by atoms with E-state index in [1.165, 1.54) is 0 Å². The van der Waals surface area contributed by atoms with Crippen molar-refractivity contribution in [3.05, 3.63) is 52.6 Å². The molecule has 0 N–H and O–H groups in total. The van der Waals surface area contributed by atoms with Crippen molar-refractivity contribution in [3.63, 3.8) is 0 Å². The second-order valence-electron chi connectivity index (χ2n) is 4.47. The van der Waals surface area contributed by atoms with E-state index in [-0.39, 0.29) is 5.82 Å². The Morgan fingerprint density at radius 3 is 2.45 bits per heavy atom. The molecule has 5 nitrogen and oxygen atoms in total. The predicted octanol–water partition coefficient (Wildman–Crippen LogP) is 3.76. The van der Waals surface area contributed by atoms with Gasteiger partial charge in [0.15, 0.2) is 0 Å². The molecule has 9 heteroatoms. The van der Waals surface area contributed by atoms with Crippen molar-refractivity contribution < 1.29 is 17.7 Å². The van der Waals surface area contributed by atoms with Crippen molar-refractivity contribution in [2.24, 2.45) is 0 Å². The second-order valence-corrected chi connectivity index (χ2v) is 5.39. The highest BCUT2D eigenvalue weighted by Crippen LogP contribution is 2.29. The van der Waals surface area contributed by atoms with Gasteiger partial charge in [-0.2, -0.15) is 23.3 Å². The van der Waals surface area contributed by atoms with E-state index in [4.69, 9.17) is 0 Å². The molecule has 114 valence electrons. The van der Waals surface area contributed by atoms with Crippen LogP contribution in [0.4, 0.5) is 13.2 Å². The largest absolute Gasteiger partial charge is 0.471 e. The molecule has 0 spiro atoms. The topological polar surface area (TPSA) is 56.7 Å². The Morgan fingerprint density at radius 1 is 1.18 bits per heavy atom. The molecule has 22 heavy (non-hydrogen) atoms. The van der Waals surface area contributed by atoms with Crippen molar-refractivity contribution >= 4 is 15.9 Å². The van der Waals surface area contributed by atoms with Crippen LogP contribution in [0.5, 0.6) is 0 Å². The maximum absolute atomic E-state index is 12.4. The lowest BCUT2D eigenvalue weighted by Gasteiger charge is -2.02. The van der Waals surface area contributed by atoms with Gasteiger partial charge in [0.1, 0.15) is 0 Å². The molecule has 0 saturated heterocycles. The smallest absolute Gasteiger partial charge is 0.329 e. The molecule has 0 radical (unpaired) electrons. The first-order valence-electron chi connectivity index (χ1n) is 6.10. The second kappa shape index (κ2) is 5.56. The van der Waals surface area contributed by atoms with E-state index in [1.54, 1.807) is 35.1 Å². The van der Waals surface area contributed by atoms with Gasteiger partial charge in [-0.1, -0.05) is 29.4 Å². The molecular weight excluding hydrogens is 365 g/mol. The van der Waals surface area contributed by atoms with Crippen LogP contribution in [0.25, 0.3) is 11.4 Å². The normalized spacial score (nSPS) is 11.8. The van der Waals surface area contributed by atoms with Gasteiger partial charge < -0.3 is 4.52 Å². The first-order chi connectivity index (χ1) is 10.4. The number of halogens is 4. The number of benzene rings is 1. The first kappa shape index (κ1) is 14.8. The van der Waals surface area contributed by atoms with Gasteiger partial charge in [-0.05, 0) is 21.5 Å². The van der Waals surface area contributed by atoms with Crippen LogP contribution in [0.15, 0.2) is 45.7 Å². The third-order valence-corrected chi connectivity index (χ3v) is 3.24. The maximum atomic E-state index is 12.4. The Morgan fingerprint density at radius 2 is 1.91 bits per heavy atom.